The molecule has 1 heterocycles. The van der Waals surface area contributed by atoms with E-state index in [1.54, 1.807) is 19.3 Å². The van der Waals surface area contributed by atoms with Crippen LogP contribution in [0.2, 0.25) is 0 Å². The van der Waals surface area contributed by atoms with Crippen molar-refractivity contribution in [3.8, 4) is 0 Å². The number of anilines is 1. The number of rotatable bonds is 9. The summed E-state index contributed by atoms with van der Waals surface area (Å²) >= 11 is 3.30. The molecule has 0 aliphatic rings. The van der Waals surface area contributed by atoms with Crippen LogP contribution in [-0.4, -0.2) is 37.8 Å². The van der Waals surface area contributed by atoms with E-state index < -0.39 is 10.0 Å². The lowest BCUT2D eigenvalue weighted by Crippen LogP contribution is -2.29. The van der Waals surface area contributed by atoms with Crippen molar-refractivity contribution in [2.24, 2.45) is 0 Å². The summed E-state index contributed by atoms with van der Waals surface area (Å²) < 4.78 is 27.4. The Balaban J connectivity index is 3.02. The Bertz CT molecular complexity index is 549. The van der Waals surface area contributed by atoms with Gasteiger partial charge in [0, 0.05) is 30.8 Å². The molecule has 1 aromatic heterocycles. The maximum absolute atomic E-state index is 12.7. The monoisotopic (exact) mass is 377 g/mol. The molecule has 0 amide bonds. The molecule has 1 N–H and O–H groups in total. The van der Waals surface area contributed by atoms with E-state index in [0.717, 1.165) is 25.7 Å². The standard InChI is InChI=1S/C14H24BrN3O2S/c1-4-6-7-9-18(3)21(19,20)13-10-12(15)11-17-14(13)16-8-5-2/h10-11H,4-9H2,1-3H3,(H,16,17). The molecule has 0 atom stereocenters. The van der Waals surface area contributed by atoms with Crippen LogP contribution in [0, 0.1) is 0 Å². The minimum absolute atomic E-state index is 0.226. The molecule has 0 aliphatic carbocycles. The number of nitrogens with one attached hydrogen (secondary N) is 1. The Morgan fingerprint density at radius 1 is 1.29 bits per heavy atom. The summed E-state index contributed by atoms with van der Waals surface area (Å²) in [5.74, 6) is 0.419. The van der Waals surface area contributed by atoms with Crippen LogP contribution in [0.5, 0.6) is 0 Å². The van der Waals surface area contributed by atoms with Gasteiger partial charge in [-0.25, -0.2) is 17.7 Å². The van der Waals surface area contributed by atoms with Crippen molar-refractivity contribution in [3.05, 3.63) is 16.7 Å². The van der Waals surface area contributed by atoms with Crippen molar-refractivity contribution < 1.29 is 8.42 Å². The predicted octanol–water partition coefficient (Wildman–Crippen LogP) is 3.48. The van der Waals surface area contributed by atoms with Crippen molar-refractivity contribution in [3.63, 3.8) is 0 Å². The molecule has 0 saturated heterocycles. The molecule has 120 valence electrons. The fourth-order valence-electron chi connectivity index (χ4n) is 1.87. The summed E-state index contributed by atoms with van der Waals surface area (Å²) in [5, 5.41) is 3.08. The molecule has 0 bridgehead atoms. The van der Waals surface area contributed by atoms with Gasteiger partial charge in [-0.2, -0.15) is 0 Å². The lowest BCUT2D eigenvalue weighted by Gasteiger charge is -2.19. The van der Waals surface area contributed by atoms with Crippen molar-refractivity contribution in [2.45, 2.75) is 44.4 Å². The Hall–Kier alpha value is -0.660. The van der Waals surface area contributed by atoms with E-state index in [9.17, 15) is 8.42 Å². The minimum Gasteiger partial charge on any atom is -0.369 e. The predicted molar refractivity (Wildman–Crippen MR) is 90.1 cm³/mol. The van der Waals surface area contributed by atoms with E-state index in [1.165, 1.54) is 4.31 Å². The van der Waals surface area contributed by atoms with Crippen LogP contribution in [0.15, 0.2) is 21.6 Å². The lowest BCUT2D eigenvalue weighted by atomic mass is 10.2. The third-order valence-electron chi connectivity index (χ3n) is 3.13. The number of pyridine rings is 1. The Labute approximate surface area is 136 Å². The highest BCUT2D eigenvalue weighted by Crippen LogP contribution is 2.25. The largest absolute Gasteiger partial charge is 0.369 e. The third-order valence-corrected chi connectivity index (χ3v) is 5.43. The Morgan fingerprint density at radius 3 is 2.62 bits per heavy atom. The molecule has 1 rings (SSSR count). The van der Waals surface area contributed by atoms with Crippen molar-refractivity contribution in [1.29, 1.82) is 0 Å². The van der Waals surface area contributed by atoms with Gasteiger partial charge in [0.15, 0.2) is 0 Å². The van der Waals surface area contributed by atoms with E-state index >= 15 is 0 Å². The molecule has 21 heavy (non-hydrogen) atoms. The molecule has 0 radical (unpaired) electrons. The molecule has 0 unspecified atom stereocenters. The average molecular weight is 378 g/mol. The van der Waals surface area contributed by atoms with E-state index in [0.29, 0.717) is 23.4 Å². The van der Waals surface area contributed by atoms with Gasteiger partial charge in [-0.3, -0.25) is 0 Å². The molecule has 5 nitrogen and oxygen atoms in total. The Morgan fingerprint density at radius 2 is 2.00 bits per heavy atom. The van der Waals surface area contributed by atoms with Crippen LogP contribution in [0.1, 0.15) is 39.5 Å². The summed E-state index contributed by atoms with van der Waals surface area (Å²) in [5.41, 5.74) is 0. The van der Waals surface area contributed by atoms with Gasteiger partial charge >= 0.3 is 0 Å². The minimum atomic E-state index is -3.52. The zero-order valence-corrected chi connectivity index (χ0v) is 15.3. The molecule has 1 aromatic rings. The summed E-state index contributed by atoms with van der Waals surface area (Å²) in [6, 6.07) is 1.61. The summed E-state index contributed by atoms with van der Waals surface area (Å²) in [6.07, 6.45) is 5.47. The van der Waals surface area contributed by atoms with E-state index in [1.807, 2.05) is 6.92 Å². The van der Waals surface area contributed by atoms with Gasteiger partial charge in [-0.05, 0) is 34.8 Å². The molecule has 0 spiro atoms. The molecule has 0 fully saturated rings. The first-order valence-electron chi connectivity index (χ1n) is 7.29. The first-order valence-corrected chi connectivity index (χ1v) is 9.52. The normalized spacial score (nSPS) is 11.9. The zero-order valence-electron chi connectivity index (χ0n) is 12.9. The van der Waals surface area contributed by atoms with Gasteiger partial charge in [0.2, 0.25) is 10.0 Å². The number of nitrogens with zero attached hydrogens (tertiary/aromatic N) is 2. The molecule has 7 heteroatoms. The molecule has 0 saturated carbocycles. The lowest BCUT2D eigenvalue weighted by molar-refractivity contribution is 0.454. The maximum Gasteiger partial charge on any atom is 0.246 e. The first kappa shape index (κ1) is 18.4. The zero-order chi connectivity index (χ0) is 15.9. The second-order valence-corrected chi connectivity index (χ2v) is 7.89. The highest BCUT2D eigenvalue weighted by Gasteiger charge is 2.24. The van der Waals surface area contributed by atoms with Gasteiger partial charge < -0.3 is 5.32 Å². The van der Waals surface area contributed by atoms with Gasteiger partial charge in [0.1, 0.15) is 10.7 Å². The van der Waals surface area contributed by atoms with Gasteiger partial charge in [0.05, 0.1) is 0 Å². The molecular weight excluding hydrogens is 354 g/mol. The average Bonchev–Trinajstić information content (AvgIpc) is 2.46. The summed E-state index contributed by atoms with van der Waals surface area (Å²) in [7, 11) is -1.90. The fourth-order valence-corrected chi connectivity index (χ4v) is 3.70. The summed E-state index contributed by atoms with van der Waals surface area (Å²) in [4.78, 5) is 4.42. The quantitative estimate of drug-likeness (QED) is 0.669. The van der Waals surface area contributed by atoms with Crippen LogP contribution >= 0.6 is 15.9 Å². The van der Waals surface area contributed by atoms with Crippen molar-refractivity contribution >= 4 is 31.8 Å². The van der Waals surface area contributed by atoms with Crippen LogP contribution in [-0.2, 0) is 10.0 Å². The number of hydrogen-bond donors (Lipinski definition) is 1. The molecule has 0 aliphatic heterocycles. The highest BCUT2D eigenvalue weighted by molar-refractivity contribution is 9.10. The van der Waals surface area contributed by atoms with Crippen molar-refractivity contribution in [2.75, 3.05) is 25.5 Å². The number of unbranched alkanes of at least 4 members (excludes halogenated alkanes) is 2. The Kier molecular flexibility index (Phi) is 7.62. The summed E-state index contributed by atoms with van der Waals surface area (Å²) in [6.45, 7) is 5.34. The van der Waals surface area contributed by atoms with Crippen LogP contribution in [0.3, 0.4) is 0 Å². The van der Waals surface area contributed by atoms with Gasteiger partial charge in [-0.1, -0.05) is 26.7 Å². The second-order valence-electron chi connectivity index (χ2n) is 4.96. The smallest absolute Gasteiger partial charge is 0.246 e. The van der Waals surface area contributed by atoms with E-state index in [-0.39, 0.29) is 4.90 Å². The van der Waals surface area contributed by atoms with Crippen LogP contribution in [0.4, 0.5) is 5.82 Å². The second kappa shape index (κ2) is 8.70. The molecule has 0 aromatic carbocycles. The fraction of sp³-hybridized carbons (Fsp3) is 0.643. The first-order chi connectivity index (χ1) is 9.93. The number of hydrogen-bond acceptors (Lipinski definition) is 4. The number of sulfonamides is 1. The van der Waals surface area contributed by atoms with Gasteiger partial charge in [-0.15, -0.1) is 0 Å². The van der Waals surface area contributed by atoms with E-state index in [2.05, 4.69) is 33.2 Å². The SMILES string of the molecule is CCCCCN(C)S(=O)(=O)c1cc(Br)cnc1NCCC. The topological polar surface area (TPSA) is 62.3 Å². The van der Waals surface area contributed by atoms with Crippen molar-refractivity contribution in [1.82, 2.24) is 9.29 Å². The van der Waals surface area contributed by atoms with E-state index in [4.69, 9.17) is 0 Å². The van der Waals surface area contributed by atoms with Gasteiger partial charge in [0.25, 0.3) is 0 Å². The van der Waals surface area contributed by atoms with Crippen LogP contribution in [0.25, 0.3) is 0 Å². The highest BCUT2D eigenvalue weighted by atomic mass is 79.9. The molecular formula is C14H24BrN3O2S. The van der Waals surface area contributed by atoms with Crippen LogP contribution < -0.4 is 5.32 Å². The number of halogens is 1. The number of aromatic nitrogens is 1. The maximum atomic E-state index is 12.7. The third kappa shape index (κ3) is 5.23.